The number of rotatable bonds is 52. The van der Waals surface area contributed by atoms with Crippen LogP contribution in [0.4, 0.5) is 0 Å². The first-order valence-electron chi connectivity index (χ1n) is 30.1. The van der Waals surface area contributed by atoms with Gasteiger partial charge in [0, 0.05) is 12.8 Å². The summed E-state index contributed by atoms with van der Waals surface area (Å²) in [5.74, 6) is -0.673. The van der Waals surface area contributed by atoms with Gasteiger partial charge in [-0.25, -0.2) is 0 Å². The lowest BCUT2D eigenvalue weighted by Crippen LogP contribution is -2.47. The maximum atomic E-state index is 13.5. The van der Waals surface area contributed by atoms with Crippen LogP contribution in [0.3, 0.4) is 0 Å². The van der Waals surface area contributed by atoms with Crippen molar-refractivity contribution in [2.24, 2.45) is 0 Å². The van der Waals surface area contributed by atoms with Crippen molar-refractivity contribution in [1.82, 2.24) is 5.32 Å². The summed E-state index contributed by atoms with van der Waals surface area (Å²) in [7, 11) is 1.10. The topological polar surface area (TPSA) is 114 Å². The minimum atomic E-state index is -4.73. The lowest BCUT2D eigenvalue weighted by molar-refractivity contribution is -0.870. The van der Waals surface area contributed by atoms with Crippen molar-refractivity contribution in [2.75, 3.05) is 40.9 Å². The highest BCUT2D eigenvalue weighted by Crippen LogP contribution is 2.38. The molecule has 0 aliphatic rings. The number of hydrogen-bond acceptors (Lipinski definition) is 7. The van der Waals surface area contributed by atoms with Gasteiger partial charge in [-0.3, -0.25) is 14.2 Å². The number of phosphoric ester groups is 1. The first-order chi connectivity index (χ1) is 37.4. The van der Waals surface area contributed by atoms with Crippen molar-refractivity contribution < 1.29 is 37.3 Å². The molecule has 1 N–H and O–H groups in total. The van der Waals surface area contributed by atoms with Crippen LogP contribution in [0.15, 0.2) is 146 Å². The maximum Gasteiger partial charge on any atom is 0.306 e. The maximum absolute atomic E-state index is 13.5. The van der Waals surface area contributed by atoms with Gasteiger partial charge in [0.05, 0.1) is 33.8 Å². The second kappa shape index (κ2) is 55.2. The quantitative estimate of drug-likeness (QED) is 0.0212. The summed E-state index contributed by atoms with van der Waals surface area (Å²) in [6.45, 7) is 6.51. The van der Waals surface area contributed by atoms with E-state index in [4.69, 9.17) is 13.8 Å². The molecule has 0 spiro atoms. The Morgan fingerprint density at radius 1 is 0.468 bits per heavy atom. The predicted octanol–water partition coefficient (Wildman–Crippen LogP) is 18.0. The highest BCUT2D eigenvalue weighted by molar-refractivity contribution is 7.45. The molecule has 77 heavy (non-hydrogen) atoms. The Morgan fingerprint density at radius 3 is 1.27 bits per heavy atom. The lowest BCUT2D eigenvalue weighted by atomic mass is 10.0. The molecule has 1 amide bonds. The lowest BCUT2D eigenvalue weighted by Gasteiger charge is -2.30. The average Bonchev–Trinajstić information content (AvgIpc) is 3.39. The smallest absolute Gasteiger partial charge is 0.306 e. The molecule has 3 atom stereocenters. The van der Waals surface area contributed by atoms with Crippen LogP contribution < -0.4 is 10.2 Å². The largest absolute Gasteiger partial charge is 0.756 e. The van der Waals surface area contributed by atoms with Crippen LogP contribution in [0.2, 0.25) is 0 Å². The Kier molecular flexibility index (Phi) is 52.3. The van der Waals surface area contributed by atoms with Crippen molar-refractivity contribution >= 4 is 19.7 Å². The number of carbonyl (C=O) groups is 2. The Labute approximate surface area is 472 Å². The summed E-state index contributed by atoms with van der Waals surface area (Å²) in [4.78, 5) is 39.9. The highest BCUT2D eigenvalue weighted by atomic mass is 31.2. The van der Waals surface area contributed by atoms with Gasteiger partial charge in [0.15, 0.2) is 0 Å². The Balaban J connectivity index is 5.50. The van der Waals surface area contributed by atoms with Gasteiger partial charge >= 0.3 is 5.97 Å². The third-order valence-electron chi connectivity index (χ3n) is 12.3. The van der Waals surface area contributed by atoms with Gasteiger partial charge in [0.2, 0.25) is 5.91 Å². The summed E-state index contributed by atoms with van der Waals surface area (Å²) < 4.78 is 30.2. The van der Waals surface area contributed by atoms with Gasteiger partial charge in [-0.1, -0.05) is 225 Å². The first kappa shape index (κ1) is 72.9. The second-order valence-electron chi connectivity index (χ2n) is 20.7. The minimum absolute atomic E-state index is 0.0484. The molecular formula is C67H111N2O7P. The standard InChI is InChI=1S/C67H111N2O7P/c1-7-10-13-16-19-22-25-28-30-32-33-34-35-37-38-41-44-47-50-53-56-59-66(70)68-64(63-75-77(72,73)74-62-61-69(4,5)6)65(58-55-52-49-46-43-40-27-24-21-18-15-12-9-3)76-67(71)60-57-54-51-48-45-42-39-36-31-29-26-23-20-17-14-11-8-2/h10-11,13-14,19-20,22-23,28-31,33-34,37-39,42,44,47-48,51,55,58,64-65H,7-9,12,15-18,21,24-27,32,35-36,40-41,43,45-46,49-50,52-54,56-57,59-63H2,1-6H3,(H-,68,70,72,73)/b13-10-,14-11-,22-19-,23-20-,30-28-,31-29-,34-33-,38-37-,42-39-,47-44-,51-48-,58-55-. The Hall–Kier alpha value is -4.11. The molecule has 0 saturated heterocycles. The molecule has 0 saturated carbocycles. The van der Waals surface area contributed by atoms with Crippen molar-refractivity contribution in [3.63, 3.8) is 0 Å². The number of esters is 1. The number of likely N-dealkylation sites (N-methyl/N-ethyl adjacent to an activating group) is 1. The Morgan fingerprint density at radius 2 is 0.844 bits per heavy atom. The molecule has 0 fully saturated rings. The highest BCUT2D eigenvalue weighted by Gasteiger charge is 2.27. The SMILES string of the molecule is CC/C=C\C/C=C\C/C=C\C/C=C\C/C=C\C/C=C\CCCCC(=O)NC(COP(=O)([O-])OCC[N+](C)(C)C)C(/C=C\CCCCCCCCCCCCC)OC(=O)CCC/C=C\C/C=C\C/C=C\C/C=C\C/C=C\CC. The number of carbonyl (C=O) groups excluding carboxylic acids is 2. The third-order valence-corrected chi connectivity index (χ3v) is 13.2. The molecule has 0 aromatic rings. The number of allylic oxidation sites excluding steroid dienone is 23. The van der Waals surface area contributed by atoms with E-state index in [1.54, 1.807) is 6.08 Å². The van der Waals surface area contributed by atoms with Crippen molar-refractivity contribution in [2.45, 2.75) is 226 Å². The number of ether oxygens (including phenoxy) is 1. The van der Waals surface area contributed by atoms with E-state index in [2.05, 4.69) is 160 Å². The van der Waals surface area contributed by atoms with Crippen LogP contribution in [-0.2, 0) is 27.9 Å². The Bertz CT molecular complexity index is 1830. The van der Waals surface area contributed by atoms with Crippen molar-refractivity contribution in [3.05, 3.63) is 146 Å². The van der Waals surface area contributed by atoms with Crippen LogP contribution >= 0.6 is 7.82 Å². The predicted molar refractivity (Wildman–Crippen MR) is 329 cm³/mol. The number of nitrogens with zero attached hydrogens (tertiary/aromatic N) is 1. The second-order valence-corrected chi connectivity index (χ2v) is 22.1. The number of nitrogens with one attached hydrogen (secondary N) is 1. The molecule has 9 nitrogen and oxygen atoms in total. The summed E-state index contributed by atoms with van der Waals surface area (Å²) in [5, 5.41) is 2.98. The summed E-state index contributed by atoms with van der Waals surface area (Å²) in [6, 6.07) is -0.946. The molecule has 3 unspecified atom stereocenters. The van der Waals surface area contributed by atoms with Crippen LogP contribution in [0.1, 0.15) is 213 Å². The molecule has 0 aromatic carbocycles. The number of phosphoric acid groups is 1. The molecule has 436 valence electrons. The zero-order chi connectivity index (χ0) is 56.4. The summed E-state index contributed by atoms with van der Waals surface area (Å²) >= 11 is 0. The normalized spacial score (nSPS) is 14.7. The minimum Gasteiger partial charge on any atom is -0.756 e. The van der Waals surface area contributed by atoms with Gasteiger partial charge in [-0.2, -0.15) is 0 Å². The zero-order valence-corrected chi connectivity index (χ0v) is 50.5. The van der Waals surface area contributed by atoms with Crippen LogP contribution in [0.5, 0.6) is 0 Å². The average molecular weight is 1090 g/mol. The van der Waals surface area contributed by atoms with E-state index in [9.17, 15) is 19.0 Å². The van der Waals surface area contributed by atoms with E-state index in [1.165, 1.54) is 57.8 Å². The fourth-order valence-electron chi connectivity index (χ4n) is 7.68. The van der Waals surface area contributed by atoms with Gasteiger partial charge in [0.25, 0.3) is 7.82 Å². The molecule has 0 rings (SSSR count). The van der Waals surface area contributed by atoms with E-state index < -0.39 is 32.5 Å². The summed E-state index contributed by atoms with van der Waals surface area (Å²) in [6.07, 6.45) is 79.7. The molecule has 0 aliphatic carbocycles. The van der Waals surface area contributed by atoms with E-state index >= 15 is 0 Å². The molecule has 10 heteroatoms. The van der Waals surface area contributed by atoms with Gasteiger partial charge in [-0.05, 0) is 122 Å². The fourth-order valence-corrected chi connectivity index (χ4v) is 8.40. The third kappa shape index (κ3) is 56.4. The fraction of sp³-hybridized carbons (Fsp3) is 0.612. The van der Waals surface area contributed by atoms with Crippen molar-refractivity contribution in [3.8, 4) is 0 Å². The summed E-state index contributed by atoms with van der Waals surface area (Å²) in [5.41, 5.74) is 0. The number of unbranched alkanes of at least 4 members (excludes halogenated alkanes) is 14. The molecule has 0 heterocycles. The number of hydrogen-bond donors (Lipinski definition) is 1. The van der Waals surface area contributed by atoms with Crippen molar-refractivity contribution in [1.29, 1.82) is 0 Å². The van der Waals surface area contributed by atoms with E-state index in [-0.39, 0.29) is 25.4 Å². The molecule has 0 bridgehead atoms. The van der Waals surface area contributed by atoms with Gasteiger partial charge in [0.1, 0.15) is 19.3 Å². The number of quaternary nitrogens is 1. The van der Waals surface area contributed by atoms with E-state index in [0.29, 0.717) is 30.3 Å². The van der Waals surface area contributed by atoms with E-state index in [1.807, 2.05) is 27.2 Å². The first-order valence-corrected chi connectivity index (χ1v) is 31.6. The molecular weight excluding hydrogens is 976 g/mol. The number of amides is 1. The van der Waals surface area contributed by atoms with Gasteiger partial charge < -0.3 is 28.5 Å². The van der Waals surface area contributed by atoms with Crippen LogP contribution in [0, 0.1) is 0 Å². The molecule has 0 aromatic heterocycles. The molecule has 0 aliphatic heterocycles. The van der Waals surface area contributed by atoms with Gasteiger partial charge in [-0.15, -0.1) is 0 Å². The van der Waals surface area contributed by atoms with Crippen LogP contribution in [-0.4, -0.2) is 69.4 Å². The molecule has 0 radical (unpaired) electrons. The van der Waals surface area contributed by atoms with E-state index in [0.717, 1.165) is 103 Å². The monoisotopic (exact) mass is 1090 g/mol. The zero-order valence-electron chi connectivity index (χ0n) is 49.6. The van der Waals surface area contributed by atoms with Crippen LogP contribution in [0.25, 0.3) is 0 Å².